The summed E-state index contributed by atoms with van der Waals surface area (Å²) >= 11 is 1.87. The highest BCUT2D eigenvalue weighted by atomic mass is 32.2. The number of nitrogens with zero attached hydrogens (tertiary/aromatic N) is 4. The van der Waals surface area contributed by atoms with Crippen molar-refractivity contribution in [3.05, 3.63) is 58.0 Å². The molecule has 1 aromatic carbocycles. The Morgan fingerprint density at radius 1 is 1.00 bits per heavy atom. The van der Waals surface area contributed by atoms with Gasteiger partial charge in [-0.15, -0.1) is 0 Å². The Labute approximate surface area is 301 Å². The van der Waals surface area contributed by atoms with Crippen LogP contribution in [0.1, 0.15) is 94.6 Å². The van der Waals surface area contributed by atoms with Crippen LogP contribution in [-0.2, 0) is 9.59 Å². The van der Waals surface area contributed by atoms with Crippen LogP contribution in [-0.4, -0.2) is 86.6 Å². The summed E-state index contributed by atoms with van der Waals surface area (Å²) in [4.78, 5) is 49.2. The number of amides is 2. The van der Waals surface area contributed by atoms with E-state index in [0.29, 0.717) is 24.2 Å². The molecule has 1 aliphatic carbocycles. The van der Waals surface area contributed by atoms with E-state index < -0.39 is 17.5 Å². The second kappa shape index (κ2) is 17.7. The lowest BCUT2D eigenvalue weighted by Gasteiger charge is -2.34. The number of aromatic nitrogens is 3. The number of pyridine rings is 1. The highest BCUT2D eigenvalue weighted by Crippen LogP contribution is 2.29. The molecule has 3 aromatic rings. The van der Waals surface area contributed by atoms with Gasteiger partial charge in [0.15, 0.2) is 0 Å². The fraction of sp³-hybridized carbons (Fsp3) is 0.595. The number of likely N-dealkylation sites (tertiary alicyclic amines) is 1. The van der Waals surface area contributed by atoms with Crippen LogP contribution in [0.4, 0.5) is 14.7 Å². The van der Waals surface area contributed by atoms with Crippen molar-refractivity contribution in [2.45, 2.75) is 95.6 Å². The monoisotopic (exact) mass is 725 g/mol. The van der Waals surface area contributed by atoms with Crippen molar-refractivity contribution in [2.24, 2.45) is 5.92 Å². The van der Waals surface area contributed by atoms with Gasteiger partial charge in [-0.05, 0) is 61.8 Å². The number of alkyl halides is 2. The van der Waals surface area contributed by atoms with E-state index in [1.165, 1.54) is 31.9 Å². The third kappa shape index (κ3) is 10.5. The second-order valence-electron chi connectivity index (χ2n) is 14.2. The molecule has 0 bridgehead atoms. The van der Waals surface area contributed by atoms with E-state index in [0.717, 1.165) is 87.5 Å². The fourth-order valence-electron chi connectivity index (χ4n) is 7.24. The molecule has 11 nitrogen and oxygen atoms in total. The van der Waals surface area contributed by atoms with Crippen LogP contribution in [0.15, 0.2) is 41.3 Å². The lowest BCUT2D eigenvalue weighted by molar-refractivity contribution is -0.134. The largest absolute Gasteiger partial charge is 0.490 e. The number of anilines is 1. The summed E-state index contributed by atoms with van der Waals surface area (Å²) in [5.41, 5.74) is -0.287. The molecule has 0 radical (unpaired) electrons. The predicted octanol–water partition coefficient (Wildman–Crippen LogP) is 6.04. The highest BCUT2D eigenvalue weighted by Gasteiger charge is 2.29. The van der Waals surface area contributed by atoms with E-state index in [-0.39, 0.29) is 35.5 Å². The first-order valence-corrected chi connectivity index (χ1v) is 19.3. The number of halogens is 2. The molecular formula is C37H49F2N7O4S. The summed E-state index contributed by atoms with van der Waals surface area (Å²) in [6.07, 6.45) is 9.30. The normalized spacial score (nSPS) is 21.5. The van der Waals surface area contributed by atoms with Gasteiger partial charge in [-0.1, -0.05) is 56.7 Å². The molecule has 14 heteroatoms. The Hall–Kier alpha value is -3.62. The maximum absolute atomic E-state index is 13.0. The van der Waals surface area contributed by atoms with Crippen molar-refractivity contribution in [3.63, 3.8) is 0 Å². The van der Waals surface area contributed by atoms with E-state index in [4.69, 9.17) is 4.74 Å². The van der Waals surface area contributed by atoms with E-state index in [1.807, 2.05) is 36.2 Å². The fourth-order valence-corrected chi connectivity index (χ4v) is 8.31. The molecule has 51 heavy (non-hydrogen) atoms. The van der Waals surface area contributed by atoms with Crippen molar-refractivity contribution in [2.75, 3.05) is 43.8 Å². The summed E-state index contributed by atoms with van der Waals surface area (Å²) in [6.45, 7) is 7.16. The quantitative estimate of drug-likeness (QED) is 0.168. The minimum atomic E-state index is -2.85. The van der Waals surface area contributed by atoms with E-state index in [9.17, 15) is 23.2 Å². The zero-order chi connectivity index (χ0) is 35.7. The molecule has 276 valence electrons. The lowest BCUT2D eigenvalue weighted by Crippen LogP contribution is -2.40. The zero-order valence-electron chi connectivity index (χ0n) is 29.3. The Morgan fingerprint density at radius 3 is 2.45 bits per heavy atom. The molecule has 4 fully saturated rings. The van der Waals surface area contributed by atoms with Gasteiger partial charge in [0.25, 0.3) is 12.0 Å². The van der Waals surface area contributed by atoms with Gasteiger partial charge in [-0.2, -0.15) is 4.98 Å². The van der Waals surface area contributed by atoms with Gasteiger partial charge in [-0.25, -0.2) is 13.8 Å². The second-order valence-corrected chi connectivity index (χ2v) is 15.3. The first-order valence-electron chi connectivity index (χ1n) is 18.4. The zero-order valence-corrected chi connectivity index (χ0v) is 30.1. The standard InChI is InChI=1S/C31H37F2N7O4S.C6H12/c32-27(33)25-17-20-18-34-31(38-28(20)37-30(25)43)35-21-6-12-40(13-7-21)45-15-14-39-10-8-22(9-11-39)44-23-3-1-2-19(16-23)24-4-5-26(41)36-29(24)42;1-6-4-2-3-5-6/h1-3,16-18,21-22,24,27H,4-15H2,(H,36,41,42)(H2,34,35,37,38,43);6H,2-5H2,1H3. The lowest BCUT2D eigenvalue weighted by atomic mass is 9.90. The summed E-state index contributed by atoms with van der Waals surface area (Å²) in [5, 5.41) is 6.12. The number of ether oxygens (including phenoxy) is 1. The molecule has 7 rings (SSSR count). The van der Waals surface area contributed by atoms with Crippen LogP contribution < -0.4 is 20.9 Å². The Balaban J connectivity index is 0.000000677. The third-order valence-corrected chi connectivity index (χ3v) is 11.4. The van der Waals surface area contributed by atoms with Gasteiger partial charge < -0.3 is 19.9 Å². The molecule has 4 aliphatic rings. The molecular weight excluding hydrogens is 677 g/mol. The molecule has 2 aromatic heterocycles. The maximum Gasteiger partial charge on any atom is 0.269 e. The van der Waals surface area contributed by atoms with Gasteiger partial charge >= 0.3 is 0 Å². The van der Waals surface area contributed by atoms with Crippen molar-refractivity contribution in [3.8, 4) is 5.75 Å². The van der Waals surface area contributed by atoms with Crippen molar-refractivity contribution in [1.29, 1.82) is 0 Å². The molecule has 1 unspecified atom stereocenters. The summed E-state index contributed by atoms with van der Waals surface area (Å²) in [6, 6.07) is 9.03. The van der Waals surface area contributed by atoms with Crippen molar-refractivity contribution < 1.29 is 23.1 Å². The van der Waals surface area contributed by atoms with Crippen LogP contribution in [0.3, 0.4) is 0 Å². The van der Waals surface area contributed by atoms with Gasteiger partial charge in [0.1, 0.15) is 17.5 Å². The molecule has 3 saturated heterocycles. The number of piperidine rings is 3. The first-order chi connectivity index (χ1) is 24.7. The van der Waals surface area contributed by atoms with Crippen LogP contribution in [0, 0.1) is 5.92 Å². The van der Waals surface area contributed by atoms with Gasteiger partial charge in [0.05, 0.1) is 11.5 Å². The number of imide groups is 1. The maximum atomic E-state index is 13.0. The number of aromatic amines is 1. The van der Waals surface area contributed by atoms with Crippen LogP contribution >= 0.6 is 11.9 Å². The molecule has 3 N–H and O–H groups in total. The van der Waals surface area contributed by atoms with Crippen LogP contribution in [0.25, 0.3) is 11.0 Å². The average Bonchev–Trinajstić information content (AvgIpc) is 3.60. The number of benzene rings is 1. The predicted molar refractivity (Wildman–Crippen MR) is 195 cm³/mol. The number of nitrogens with one attached hydrogen (secondary N) is 3. The van der Waals surface area contributed by atoms with Gasteiger partial charge in [-0.3, -0.25) is 24.0 Å². The number of rotatable bonds is 10. The minimum absolute atomic E-state index is 0.138. The van der Waals surface area contributed by atoms with E-state index >= 15 is 0 Å². The van der Waals surface area contributed by atoms with Gasteiger partial charge in [0.2, 0.25) is 17.8 Å². The van der Waals surface area contributed by atoms with Crippen molar-refractivity contribution >= 4 is 40.7 Å². The SMILES string of the molecule is CC1CCCC1.O=C1CCC(c2cccc(OC3CCN(CCSN4CCC(Nc5ncc6cc(C(F)F)c(=O)[nH]c6n5)CC4)CC3)c2)C(=O)N1. The third-order valence-electron chi connectivity index (χ3n) is 10.3. The van der Waals surface area contributed by atoms with E-state index in [1.54, 1.807) is 0 Å². The van der Waals surface area contributed by atoms with Crippen LogP contribution in [0.5, 0.6) is 5.75 Å². The topological polar surface area (TPSA) is 133 Å². The van der Waals surface area contributed by atoms with E-state index in [2.05, 4.69) is 41.7 Å². The smallest absolute Gasteiger partial charge is 0.269 e. The Kier molecular flexibility index (Phi) is 12.9. The molecule has 2 amide bonds. The summed E-state index contributed by atoms with van der Waals surface area (Å²) in [7, 11) is 0. The number of carbonyl (C=O) groups is 2. The number of carbonyl (C=O) groups excluding carboxylic acids is 2. The number of fused-ring (bicyclic) bond motifs is 1. The number of H-pyrrole nitrogens is 1. The molecule has 0 spiro atoms. The number of hydrogen-bond acceptors (Lipinski definition) is 10. The van der Waals surface area contributed by atoms with Crippen molar-refractivity contribution in [1.82, 2.24) is 29.5 Å². The average molecular weight is 726 g/mol. The number of hydrogen-bond donors (Lipinski definition) is 3. The van der Waals surface area contributed by atoms with Gasteiger partial charge in [0, 0.05) is 62.5 Å². The summed E-state index contributed by atoms with van der Waals surface area (Å²) < 4.78 is 34.7. The molecule has 3 aliphatic heterocycles. The first kappa shape index (κ1) is 37.1. The Bertz CT molecular complexity index is 1690. The Morgan fingerprint density at radius 2 is 1.76 bits per heavy atom. The minimum Gasteiger partial charge on any atom is -0.490 e. The summed E-state index contributed by atoms with van der Waals surface area (Å²) in [5.74, 6) is 2.45. The molecule has 1 saturated carbocycles. The highest BCUT2D eigenvalue weighted by molar-refractivity contribution is 7.97. The molecule has 5 heterocycles. The molecule has 1 atom stereocenters. The van der Waals surface area contributed by atoms with Crippen LogP contribution in [0.2, 0.25) is 0 Å².